The maximum absolute atomic E-state index is 10.5. The predicted molar refractivity (Wildman–Crippen MR) is 84.1 cm³/mol. The van der Waals surface area contributed by atoms with E-state index < -0.39 is 0 Å². The molecular weight excluding hydrogens is 280 g/mol. The first kappa shape index (κ1) is 15.9. The van der Waals surface area contributed by atoms with Gasteiger partial charge in [0.05, 0.1) is 12.8 Å². The molecule has 0 saturated heterocycles. The molecule has 0 amide bonds. The van der Waals surface area contributed by atoms with Crippen LogP contribution in [0.15, 0.2) is 42.5 Å². The van der Waals surface area contributed by atoms with E-state index in [9.17, 15) is 4.79 Å². The minimum Gasteiger partial charge on any atom is -0.499 e. The van der Waals surface area contributed by atoms with Crippen LogP contribution in [0.2, 0.25) is 0 Å². The first-order chi connectivity index (χ1) is 10.8. The van der Waals surface area contributed by atoms with Gasteiger partial charge in [-0.2, -0.15) is 0 Å². The minimum absolute atomic E-state index is 0.378. The predicted octanol–water partition coefficient (Wildman–Crippen LogP) is 2.52. The lowest BCUT2D eigenvalue weighted by Crippen LogP contribution is -1.96. The number of hydrogen-bond acceptors (Lipinski definition) is 5. The molecule has 0 fully saturated rings. The van der Waals surface area contributed by atoms with Crippen molar-refractivity contribution in [1.29, 1.82) is 0 Å². The van der Waals surface area contributed by atoms with Crippen LogP contribution in [0.4, 0.5) is 0 Å². The third-order valence-corrected chi connectivity index (χ3v) is 3.08. The number of nitrogens with zero attached hydrogens (tertiary/aromatic N) is 2. The normalized spacial score (nSPS) is 11.3. The maximum atomic E-state index is 10.5. The van der Waals surface area contributed by atoms with Crippen molar-refractivity contribution in [2.45, 2.75) is 6.42 Å². The van der Waals surface area contributed by atoms with Crippen molar-refractivity contribution in [3.8, 4) is 11.3 Å². The highest BCUT2D eigenvalue weighted by molar-refractivity contribution is 5.64. The summed E-state index contributed by atoms with van der Waals surface area (Å²) >= 11 is 0. The molecule has 2 heterocycles. The second-order valence-corrected chi connectivity index (χ2v) is 4.68. The zero-order chi connectivity index (χ0) is 15.8. The first-order valence-corrected chi connectivity index (χ1v) is 6.84. The largest absolute Gasteiger partial charge is 0.499 e. The number of aromatic nitrogens is 2. The van der Waals surface area contributed by atoms with Gasteiger partial charge in [0.2, 0.25) is 0 Å². The highest BCUT2D eigenvalue weighted by Gasteiger charge is 2.03. The highest BCUT2D eigenvalue weighted by atomic mass is 16.5. The van der Waals surface area contributed by atoms with E-state index in [4.69, 9.17) is 9.47 Å². The van der Waals surface area contributed by atoms with Crippen LogP contribution < -0.4 is 0 Å². The summed E-state index contributed by atoms with van der Waals surface area (Å²) in [7, 11) is 3.22. The average molecular weight is 298 g/mol. The van der Waals surface area contributed by atoms with Crippen molar-refractivity contribution in [2.75, 3.05) is 20.8 Å². The van der Waals surface area contributed by atoms with Gasteiger partial charge in [0.1, 0.15) is 18.7 Å². The second-order valence-electron chi connectivity index (χ2n) is 4.68. The van der Waals surface area contributed by atoms with E-state index in [0.717, 1.165) is 34.4 Å². The molecule has 0 bridgehead atoms. The lowest BCUT2D eigenvalue weighted by atomic mass is 10.1. The quantitative estimate of drug-likeness (QED) is 0.580. The molecule has 0 saturated carbocycles. The molecule has 0 aliphatic heterocycles. The summed E-state index contributed by atoms with van der Waals surface area (Å²) in [5.74, 6) is 0.718. The van der Waals surface area contributed by atoms with E-state index in [1.807, 2.05) is 24.3 Å². The maximum Gasteiger partial charge on any atom is 0.124 e. The summed E-state index contributed by atoms with van der Waals surface area (Å²) in [4.78, 5) is 19.1. The number of hydrogen-bond donors (Lipinski definition) is 0. The molecule has 0 atom stereocenters. The number of rotatable bonds is 7. The SMILES string of the molecule is COC/C(=C\c1cncc(-c2ccc(CC=O)cn2)c1)OC. The Hall–Kier alpha value is -2.53. The fourth-order valence-electron chi connectivity index (χ4n) is 1.98. The number of carbonyl (C=O) groups excluding carboxylic acids is 1. The van der Waals surface area contributed by atoms with Crippen LogP contribution in [0.25, 0.3) is 17.3 Å². The molecule has 22 heavy (non-hydrogen) atoms. The molecule has 0 aromatic carbocycles. The molecule has 2 aromatic heterocycles. The van der Waals surface area contributed by atoms with Crippen LogP contribution in [-0.2, 0) is 20.7 Å². The van der Waals surface area contributed by atoms with E-state index in [0.29, 0.717) is 13.0 Å². The summed E-state index contributed by atoms with van der Waals surface area (Å²) in [6.45, 7) is 0.402. The Morgan fingerprint density at radius 3 is 2.73 bits per heavy atom. The van der Waals surface area contributed by atoms with Crippen LogP contribution in [0.5, 0.6) is 0 Å². The number of ether oxygens (including phenoxy) is 2. The number of methoxy groups -OCH3 is 2. The molecule has 0 unspecified atom stereocenters. The van der Waals surface area contributed by atoms with Crippen molar-refractivity contribution >= 4 is 12.4 Å². The van der Waals surface area contributed by atoms with E-state index in [1.165, 1.54) is 0 Å². The Morgan fingerprint density at radius 1 is 1.23 bits per heavy atom. The smallest absolute Gasteiger partial charge is 0.124 e. The van der Waals surface area contributed by atoms with Gasteiger partial charge >= 0.3 is 0 Å². The van der Waals surface area contributed by atoms with E-state index in [2.05, 4.69) is 9.97 Å². The first-order valence-electron chi connectivity index (χ1n) is 6.84. The molecule has 0 N–H and O–H groups in total. The minimum atomic E-state index is 0.378. The lowest BCUT2D eigenvalue weighted by molar-refractivity contribution is -0.107. The molecule has 5 nitrogen and oxygen atoms in total. The summed E-state index contributed by atoms with van der Waals surface area (Å²) in [6, 6.07) is 5.75. The fourth-order valence-corrected chi connectivity index (χ4v) is 1.98. The fraction of sp³-hybridized carbons (Fsp3) is 0.235. The van der Waals surface area contributed by atoms with Crippen molar-refractivity contribution in [1.82, 2.24) is 9.97 Å². The number of aldehydes is 1. The van der Waals surface area contributed by atoms with Gasteiger partial charge in [0.25, 0.3) is 0 Å². The standard InChI is InChI=1S/C17H18N2O3/c1-21-12-16(22-2)8-14-7-15(11-18-9-14)17-4-3-13(5-6-20)10-19-17/h3-4,6-11H,5,12H2,1-2H3/b16-8+. The van der Waals surface area contributed by atoms with E-state index in [1.54, 1.807) is 32.8 Å². The van der Waals surface area contributed by atoms with Gasteiger partial charge in [-0.3, -0.25) is 9.97 Å². The monoisotopic (exact) mass is 298 g/mol. The number of pyridine rings is 2. The van der Waals surface area contributed by atoms with Crippen molar-refractivity contribution < 1.29 is 14.3 Å². The number of carbonyl (C=O) groups is 1. The lowest BCUT2D eigenvalue weighted by Gasteiger charge is -2.06. The third-order valence-electron chi connectivity index (χ3n) is 3.08. The van der Waals surface area contributed by atoms with Gasteiger partial charge in [0, 0.05) is 37.7 Å². The summed E-state index contributed by atoms with van der Waals surface area (Å²) < 4.78 is 10.3. The summed E-state index contributed by atoms with van der Waals surface area (Å²) in [5.41, 5.74) is 3.51. The molecule has 2 rings (SSSR count). The van der Waals surface area contributed by atoms with Crippen molar-refractivity contribution in [3.05, 3.63) is 53.7 Å². The van der Waals surface area contributed by atoms with Gasteiger partial charge in [-0.25, -0.2) is 0 Å². The van der Waals surface area contributed by atoms with Gasteiger partial charge in [-0.1, -0.05) is 6.07 Å². The molecule has 114 valence electrons. The van der Waals surface area contributed by atoms with Crippen LogP contribution >= 0.6 is 0 Å². The average Bonchev–Trinajstić information content (AvgIpc) is 2.56. The van der Waals surface area contributed by atoms with Crippen LogP contribution in [-0.4, -0.2) is 37.1 Å². The van der Waals surface area contributed by atoms with Gasteiger partial charge in [-0.15, -0.1) is 0 Å². The third kappa shape index (κ3) is 4.23. The second kappa shape index (κ2) is 8.05. The molecule has 0 aliphatic carbocycles. The Labute approximate surface area is 129 Å². The summed E-state index contributed by atoms with van der Waals surface area (Å²) in [6.07, 6.45) is 8.33. The summed E-state index contributed by atoms with van der Waals surface area (Å²) in [5, 5.41) is 0. The van der Waals surface area contributed by atoms with Crippen LogP contribution in [0.3, 0.4) is 0 Å². The molecule has 5 heteroatoms. The van der Waals surface area contributed by atoms with Gasteiger partial charge in [-0.05, 0) is 29.3 Å². The molecule has 0 spiro atoms. The van der Waals surface area contributed by atoms with Crippen LogP contribution in [0.1, 0.15) is 11.1 Å². The molecule has 2 aromatic rings. The highest BCUT2D eigenvalue weighted by Crippen LogP contribution is 2.19. The Morgan fingerprint density at radius 2 is 2.09 bits per heavy atom. The molecule has 0 aliphatic rings. The van der Waals surface area contributed by atoms with Gasteiger partial charge in [0.15, 0.2) is 0 Å². The van der Waals surface area contributed by atoms with Crippen LogP contribution in [0, 0.1) is 0 Å². The van der Waals surface area contributed by atoms with E-state index >= 15 is 0 Å². The molecule has 0 radical (unpaired) electrons. The van der Waals surface area contributed by atoms with Crippen molar-refractivity contribution in [2.24, 2.45) is 0 Å². The van der Waals surface area contributed by atoms with E-state index in [-0.39, 0.29) is 0 Å². The van der Waals surface area contributed by atoms with Gasteiger partial charge < -0.3 is 14.3 Å². The zero-order valence-electron chi connectivity index (χ0n) is 12.7. The Bertz CT molecular complexity index is 651. The van der Waals surface area contributed by atoms with Crippen molar-refractivity contribution in [3.63, 3.8) is 0 Å². The Balaban J connectivity index is 2.25. The Kier molecular flexibility index (Phi) is 5.80. The molecular formula is C17H18N2O3. The topological polar surface area (TPSA) is 61.3 Å². The zero-order valence-corrected chi connectivity index (χ0v) is 12.7.